The Labute approximate surface area is 272 Å². The fourth-order valence-electron chi connectivity index (χ4n) is 5.44. The maximum absolute atomic E-state index is 14.6. The van der Waals surface area contributed by atoms with Crippen molar-refractivity contribution in [3.63, 3.8) is 0 Å². The summed E-state index contributed by atoms with van der Waals surface area (Å²) in [6, 6.07) is 4.25. The molecule has 0 atom stereocenters. The van der Waals surface area contributed by atoms with Crippen LogP contribution in [0.3, 0.4) is 0 Å². The lowest BCUT2D eigenvalue weighted by Gasteiger charge is -2.20. The molecule has 50 heavy (non-hydrogen) atoms. The second-order valence-corrected chi connectivity index (χ2v) is 10.8. The van der Waals surface area contributed by atoms with Gasteiger partial charge in [-0.05, 0) is 42.0 Å². The van der Waals surface area contributed by atoms with E-state index in [2.05, 4.69) is 15.0 Å². The number of hydrogen-bond donors (Lipinski definition) is 1. The SMILES string of the molecule is [B]n1c(N=C2N=C(N)c3cc(F)c(F)cc32)c2cc(F)c(F)cc2c1N=C1c2cc(F)c(F)cc2CN1COc1c(F)c(F)c(F)c(F)c1F. The Morgan fingerprint density at radius 2 is 1.12 bits per heavy atom. The van der Waals surface area contributed by atoms with Crippen LogP contribution in [-0.4, -0.2) is 41.6 Å². The zero-order valence-electron chi connectivity index (χ0n) is 24.3. The van der Waals surface area contributed by atoms with Crippen LogP contribution in [0.25, 0.3) is 10.8 Å². The predicted octanol–water partition coefficient (Wildman–Crippen LogP) is 6.83. The number of hydrogen-bond acceptors (Lipinski definition) is 4. The van der Waals surface area contributed by atoms with Crippen molar-refractivity contribution in [2.24, 2.45) is 20.7 Å². The van der Waals surface area contributed by atoms with Gasteiger partial charge in [0.15, 0.2) is 53.2 Å². The molecule has 0 saturated carbocycles. The molecule has 2 radical (unpaired) electrons. The van der Waals surface area contributed by atoms with Crippen LogP contribution in [-0.2, 0) is 6.54 Å². The van der Waals surface area contributed by atoms with Crippen LogP contribution in [0, 0.1) is 64.0 Å². The standard InChI is InChI=1S/C31H12BF11N6O/c32-49-30(46-28-12-4-18(36)17(35)3-11(12)27(44)45-28)13-5-19(37)20(38)6-14(13)31(49)47-29-10-2-16(34)15(33)1-9(10)7-48(29)8-50-26-24(42)22(40)21(39)23(41)25(26)43/h1-6H,7-8H2,(H2,44,45,46). The highest BCUT2D eigenvalue weighted by molar-refractivity contribution is 6.24. The lowest BCUT2D eigenvalue weighted by Crippen LogP contribution is -2.30. The Morgan fingerprint density at radius 1 is 0.640 bits per heavy atom. The summed E-state index contributed by atoms with van der Waals surface area (Å²) < 4.78 is 161. The molecule has 19 heteroatoms. The molecule has 4 aromatic carbocycles. The van der Waals surface area contributed by atoms with E-state index in [1.54, 1.807) is 0 Å². The average Bonchev–Trinajstić information content (AvgIpc) is 3.64. The molecule has 0 aliphatic carbocycles. The van der Waals surface area contributed by atoms with Gasteiger partial charge in [-0.25, -0.2) is 54.5 Å². The first-order valence-electron chi connectivity index (χ1n) is 13.8. The predicted molar refractivity (Wildman–Crippen MR) is 156 cm³/mol. The fourth-order valence-corrected chi connectivity index (χ4v) is 5.44. The first-order valence-corrected chi connectivity index (χ1v) is 13.8. The van der Waals surface area contributed by atoms with Gasteiger partial charge in [0.25, 0.3) is 0 Å². The van der Waals surface area contributed by atoms with Gasteiger partial charge in [0.05, 0.1) is 0 Å². The van der Waals surface area contributed by atoms with Gasteiger partial charge in [-0.2, -0.15) is 8.78 Å². The monoisotopic (exact) mass is 704 g/mol. The number of benzene rings is 4. The van der Waals surface area contributed by atoms with E-state index < -0.39 is 100 Å². The quantitative estimate of drug-likeness (QED) is 0.0944. The number of aliphatic imine (C=N–C) groups is 3. The van der Waals surface area contributed by atoms with Gasteiger partial charge in [-0.15, -0.1) is 0 Å². The van der Waals surface area contributed by atoms with Gasteiger partial charge in [-0.1, -0.05) is 0 Å². The van der Waals surface area contributed by atoms with Gasteiger partial charge in [-0.3, -0.25) is 0 Å². The molecular weight excluding hydrogens is 692 g/mol. The largest absolute Gasteiger partial charge is 0.467 e. The Morgan fingerprint density at radius 3 is 1.72 bits per heavy atom. The van der Waals surface area contributed by atoms with Gasteiger partial charge >= 0.3 is 0 Å². The third kappa shape index (κ3) is 5.02. The van der Waals surface area contributed by atoms with Crippen molar-refractivity contribution in [3.8, 4) is 5.75 Å². The van der Waals surface area contributed by atoms with Crippen LogP contribution >= 0.6 is 0 Å². The molecular formula is C31H12BF11N6O. The maximum atomic E-state index is 14.6. The van der Waals surface area contributed by atoms with Gasteiger partial charge in [0.1, 0.15) is 23.3 Å². The number of rotatable bonds is 5. The van der Waals surface area contributed by atoms with Gasteiger partial charge in [0, 0.05) is 34.0 Å². The first-order chi connectivity index (χ1) is 23.7. The minimum absolute atomic E-state index is 0.00224. The Hall–Kier alpha value is -5.88. The molecule has 0 spiro atoms. The van der Waals surface area contributed by atoms with Crippen molar-refractivity contribution in [3.05, 3.63) is 123 Å². The molecule has 2 aliphatic heterocycles. The van der Waals surface area contributed by atoms with Crippen LogP contribution in [0.4, 0.5) is 59.9 Å². The van der Waals surface area contributed by atoms with E-state index in [4.69, 9.17) is 18.5 Å². The number of ether oxygens (including phenoxy) is 1. The summed E-state index contributed by atoms with van der Waals surface area (Å²) in [7, 11) is 6.29. The smallest absolute Gasteiger partial charge is 0.238 e. The number of nitrogens with zero attached hydrogens (tertiary/aromatic N) is 5. The molecule has 0 fully saturated rings. The Kier molecular flexibility index (Phi) is 7.60. The lowest BCUT2D eigenvalue weighted by molar-refractivity contribution is 0.171. The molecule has 1 aromatic heterocycles. The molecule has 7 nitrogen and oxygen atoms in total. The lowest BCUT2D eigenvalue weighted by atomic mass is 10.1. The molecule has 7 rings (SSSR count). The molecule has 0 bridgehead atoms. The summed E-state index contributed by atoms with van der Waals surface area (Å²) in [6.07, 6.45) is 0. The van der Waals surface area contributed by atoms with E-state index in [0.717, 1.165) is 23.1 Å². The fraction of sp³-hybridized carbons (Fsp3) is 0.0645. The van der Waals surface area contributed by atoms with Crippen LogP contribution in [0.2, 0.25) is 0 Å². The molecule has 0 amide bonds. The van der Waals surface area contributed by atoms with Crippen molar-refractivity contribution in [2.75, 3.05) is 6.73 Å². The zero-order valence-corrected chi connectivity index (χ0v) is 24.3. The Balaban J connectivity index is 1.40. The zero-order chi connectivity index (χ0) is 35.9. The topological polar surface area (TPSA) is 80.5 Å². The average molecular weight is 704 g/mol. The van der Waals surface area contributed by atoms with Crippen molar-refractivity contribution in [1.29, 1.82) is 0 Å². The van der Waals surface area contributed by atoms with Gasteiger partial charge < -0.3 is 19.8 Å². The van der Waals surface area contributed by atoms with E-state index >= 15 is 0 Å². The highest BCUT2D eigenvalue weighted by Crippen LogP contribution is 2.41. The molecule has 3 heterocycles. The second kappa shape index (κ2) is 11.6. The van der Waals surface area contributed by atoms with Gasteiger partial charge in [0.2, 0.25) is 37.1 Å². The molecule has 5 aromatic rings. The summed E-state index contributed by atoms with van der Waals surface area (Å²) >= 11 is 0. The highest BCUT2D eigenvalue weighted by Gasteiger charge is 2.32. The van der Waals surface area contributed by atoms with Crippen molar-refractivity contribution >= 4 is 47.9 Å². The van der Waals surface area contributed by atoms with E-state index in [9.17, 15) is 48.3 Å². The third-order valence-corrected chi connectivity index (χ3v) is 7.81. The first kappa shape index (κ1) is 32.7. The third-order valence-electron chi connectivity index (χ3n) is 7.81. The van der Waals surface area contributed by atoms with E-state index in [1.807, 2.05) is 0 Å². The Bertz CT molecular complexity index is 2400. The van der Waals surface area contributed by atoms with Crippen LogP contribution in [0.1, 0.15) is 22.3 Å². The molecule has 2 N–H and O–H groups in total. The number of nitrogens with two attached hydrogens (primary N) is 1. The van der Waals surface area contributed by atoms with E-state index in [1.165, 1.54) is 0 Å². The second-order valence-electron chi connectivity index (χ2n) is 10.8. The normalized spacial score (nSPS) is 15.4. The van der Waals surface area contributed by atoms with E-state index in [-0.39, 0.29) is 44.7 Å². The van der Waals surface area contributed by atoms with Crippen molar-refractivity contribution in [1.82, 2.24) is 9.38 Å². The number of aromatic nitrogens is 1. The summed E-state index contributed by atoms with van der Waals surface area (Å²) in [5, 5.41) is -0.480. The summed E-state index contributed by atoms with van der Waals surface area (Å²) in [5.74, 6) is -23.2. The number of amidine groups is 3. The summed E-state index contributed by atoms with van der Waals surface area (Å²) in [5.41, 5.74) is 5.54. The minimum atomic E-state index is -2.44. The van der Waals surface area contributed by atoms with Crippen LogP contribution in [0.15, 0.2) is 51.4 Å². The molecule has 2 aliphatic rings. The van der Waals surface area contributed by atoms with Crippen LogP contribution < -0.4 is 10.5 Å². The van der Waals surface area contributed by atoms with E-state index in [0.29, 0.717) is 22.7 Å². The molecule has 252 valence electrons. The summed E-state index contributed by atoms with van der Waals surface area (Å²) in [6.45, 7) is -1.47. The van der Waals surface area contributed by atoms with Crippen LogP contribution in [0.5, 0.6) is 5.75 Å². The van der Waals surface area contributed by atoms with Crippen molar-refractivity contribution < 1.29 is 53.0 Å². The number of halogens is 11. The molecule has 0 unspecified atom stereocenters. The van der Waals surface area contributed by atoms with Crippen molar-refractivity contribution in [2.45, 2.75) is 6.54 Å². The summed E-state index contributed by atoms with van der Waals surface area (Å²) in [4.78, 5) is 13.5. The maximum Gasteiger partial charge on any atom is 0.238 e. The number of fused-ring (bicyclic) bond motifs is 3. The molecule has 0 saturated heterocycles. The minimum Gasteiger partial charge on any atom is -0.467 e. The highest BCUT2D eigenvalue weighted by atomic mass is 19.2.